The second-order valence-corrected chi connectivity index (χ2v) is 9.50. The van der Waals surface area contributed by atoms with E-state index in [1.54, 1.807) is 23.1 Å². The predicted molar refractivity (Wildman–Crippen MR) is 131 cm³/mol. The number of fused-ring (bicyclic) bond motifs is 1. The maximum atomic E-state index is 12.5. The number of thioether (sulfide) groups is 1. The molecule has 0 saturated carbocycles. The van der Waals surface area contributed by atoms with Gasteiger partial charge in [-0.3, -0.25) is 9.69 Å². The Morgan fingerprint density at radius 1 is 1.13 bits per heavy atom. The van der Waals surface area contributed by atoms with E-state index in [1.807, 2.05) is 36.4 Å². The lowest BCUT2D eigenvalue weighted by Gasteiger charge is -2.26. The quantitative estimate of drug-likeness (QED) is 0.449. The molecule has 0 aliphatic carbocycles. The molecule has 1 amide bonds. The van der Waals surface area contributed by atoms with Crippen LogP contribution < -0.4 is 5.32 Å². The highest BCUT2D eigenvalue weighted by Gasteiger charge is 2.25. The fourth-order valence-electron chi connectivity index (χ4n) is 3.61. The van der Waals surface area contributed by atoms with Gasteiger partial charge in [0.05, 0.1) is 5.56 Å². The first-order valence-corrected chi connectivity index (χ1v) is 11.8. The zero-order chi connectivity index (χ0) is 20.8. The second-order valence-electron chi connectivity index (χ2n) is 7.23. The van der Waals surface area contributed by atoms with E-state index in [1.165, 1.54) is 10.4 Å². The lowest BCUT2D eigenvalue weighted by Crippen LogP contribution is -2.29. The van der Waals surface area contributed by atoms with Crippen molar-refractivity contribution >= 4 is 46.4 Å². The summed E-state index contributed by atoms with van der Waals surface area (Å²) >= 11 is 3.22. The molecule has 1 aliphatic rings. The molecule has 0 unspecified atom stereocenters. The van der Waals surface area contributed by atoms with Gasteiger partial charge in [0, 0.05) is 41.6 Å². The third kappa shape index (κ3) is 6.11. The molecule has 3 aromatic rings. The van der Waals surface area contributed by atoms with Gasteiger partial charge in [-0.2, -0.15) is 5.26 Å². The second kappa shape index (κ2) is 11.4. The molecule has 2 aromatic carbocycles. The van der Waals surface area contributed by atoms with Crippen molar-refractivity contribution in [1.29, 1.82) is 5.26 Å². The smallest absolute Gasteiger partial charge is 0.225 e. The zero-order valence-corrected chi connectivity index (χ0v) is 19.5. The highest BCUT2D eigenvalue weighted by Crippen LogP contribution is 2.37. The number of benzene rings is 2. The summed E-state index contributed by atoms with van der Waals surface area (Å²) in [4.78, 5) is 17.2. The van der Waals surface area contributed by atoms with Gasteiger partial charge < -0.3 is 5.32 Å². The monoisotopic (exact) mass is 469 g/mol. The summed E-state index contributed by atoms with van der Waals surface area (Å²) < 4.78 is 0. The highest BCUT2D eigenvalue weighted by atomic mass is 35.5. The molecule has 7 heteroatoms. The minimum atomic E-state index is -0.0327. The summed E-state index contributed by atoms with van der Waals surface area (Å²) in [5, 5.41) is 13.4. The van der Waals surface area contributed by atoms with Crippen LogP contribution in [-0.4, -0.2) is 23.1 Å². The number of carbonyl (C=O) groups is 1. The van der Waals surface area contributed by atoms with Crippen molar-refractivity contribution in [2.24, 2.45) is 0 Å². The molecule has 0 fully saturated rings. The molecule has 1 aliphatic heterocycles. The number of anilines is 1. The van der Waals surface area contributed by atoms with Crippen LogP contribution in [0.25, 0.3) is 0 Å². The van der Waals surface area contributed by atoms with Crippen LogP contribution in [-0.2, 0) is 24.3 Å². The van der Waals surface area contributed by atoms with Gasteiger partial charge in [-0.05, 0) is 29.7 Å². The predicted octanol–water partition coefficient (Wildman–Crippen LogP) is 5.72. The van der Waals surface area contributed by atoms with E-state index in [4.69, 9.17) is 0 Å². The number of thiophene rings is 1. The molecule has 0 radical (unpaired) electrons. The molecule has 1 N–H and O–H groups in total. The van der Waals surface area contributed by atoms with E-state index >= 15 is 0 Å². The largest absolute Gasteiger partial charge is 0.317 e. The van der Waals surface area contributed by atoms with Gasteiger partial charge in [0.2, 0.25) is 5.91 Å². The average Bonchev–Trinajstić information content (AvgIpc) is 3.11. The number of nitrogens with zero attached hydrogens (tertiary/aromatic N) is 2. The summed E-state index contributed by atoms with van der Waals surface area (Å²) in [7, 11) is 0. The normalized spacial score (nSPS) is 13.0. The van der Waals surface area contributed by atoms with Crippen molar-refractivity contribution in [1.82, 2.24) is 4.90 Å². The summed E-state index contributed by atoms with van der Waals surface area (Å²) in [5.74, 6) is 0.683. The van der Waals surface area contributed by atoms with Gasteiger partial charge in [-0.25, -0.2) is 0 Å². The Bertz CT molecular complexity index is 1050. The number of nitrogens with one attached hydrogen (secondary N) is 1. The Labute approximate surface area is 197 Å². The topological polar surface area (TPSA) is 56.1 Å². The van der Waals surface area contributed by atoms with Crippen LogP contribution in [0.15, 0.2) is 65.6 Å². The maximum Gasteiger partial charge on any atom is 0.225 e. The minimum absolute atomic E-state index is 0. The maximum absolute atomic E-state index is 12.5. The van der Waals surface area contributed by atoms with Gasteiger partial charge in [-0.1, -0.05) is 48.5 Å². The lowest BCUT2D eigenvalue weighted by atomic mass is 10.0. The molecular formula is C24H24ClN3OS2. The zero-order valence-electron chi connectivity index (χ0n) is 17.0. The van der Waals surface area contributed by atoms with Crippen LogP contribution >= 0.6 is 35.5 Å². The summed E-state index contributed by atoms with van der Waals surface area (Å²) in [5.41, 5.74) is 3.06. The highest BCUT2D eigenvalue weighted by molar-refractivity contribution is 7.99. The minimum Gasteiger partial charge on any atom is -0.317 e. The Balaban J connectivity index is 0.00000272. The van der Waals surface area contributed by atoms with Crippen LogP contribution in [0.2, 0.25) is 0 Å². The first-order valence-electron chi connectivity index (χ1n) is 10.0. The molecule has 0 bridgehead atoms. The van der Waals surface area contributed by atoms with E-state index in [9.17, 15) is 10.1 Å². The number of hydrogen-bond donors (Lipinski definition) is 1. The molecular weight excluding hydrogens is 446 g/mol. The molecule has 2 heterocycles. The number of hydrogen-bond acceptors (Lipinski definition) is 5. The SMILES string of the molecule is Cl.N#Cc1c(NC(=O)CCSc2ccccc2)sc2c1CCN(Cc1ccccc1)C2. The first kappa shape index (κ1) is 23.4. The van der Waals surface area contributed by atoms with Crippen molar-refractivity contribution in [3.63, 3.8) is 0 Å². The van der Waals surface area contributed by atoms with E-state index in [0.717, 1.165) is 36.5 Å². The van der Waals surface area contributed by atoms with Gasteiger partial charge in [0.1, 0.15) is 11.1 Å². The summed E-state index contributed by atoms with van der Waals surface area (Å²) in [6.45, 7) is 2.65. The molecule has 1 aromatic heterocycles. The Morgan fingerprint density at radius 3 is 2.55 bits per heavy atom. The molecule has 0 spiro atoms. The first-order chi connectivity index (χ1) is 14.7. The molecule has 4 nitrogen and oxygen atoms in total. The molecule has 0 saturated heterocycles. The van der Waals surface area contributed by atoms with Gasteiger partial charge in [0.15, 0.2) is 0 Å². The fraction of sp³-hybridized carbons (Fsp3) is 0.250. The van der Waals surface area contributed by atoms with Gasteiger partial charge in [-0.15, -0.1) is 35.5 Å². The molecule has 0 atom stereocenters. The van der Waals surface area contributed by atoms with Crippen molar-refractivity contribution in [3.8, 4) is 6.07 Å². The van der Waals surface area contributed by atoms with Crippen LogP contribution in [0.4, 0.5) is 5.00 Å². The van der Waals surface area contributed by atoms with Crippen molar-refractivity contribution in [2.45, 2.75) is 30.8 Å². The number of nitriles is 1. The van der Waals surface area contributed by atoms with Gasteiger partial charge >= 0.3 is 0 Å². The molecule has 160 valence electrons. The third-order valence-electron chi connectivity index (χ3n) is 5.09. The lowest BCUT2D eigenvalue weighted by molar-refractivity contribution is -0.115. The van der Waals surface area contributed by atoms with Crippen molar-refractivity contribution in [3.05, 3.63) is 82.2 Å². The van der Waals surface area contributed by atoms with Crippen LogP contribution in [0.1, 0.15) is 28.0 Å². The Kier molecular flexibility index (Phi) is 8.56. The Hall–Kier alpha value is -2.30. The fourth-order valence-corrected chi connectivity index (χ4v) is 5.74. The Morgan fingerprint density at radius 2 is 1.84 bits per heavy atom. The number of carbonyl (C=O) groups excluding carboxylic acids is 1. The summed E-state index contributed by atoms with van der Waals surface area (Å²) in [6, 6.07) is 22.8. The standard InChI is InChI=1S/C24H23N3OS2.ClH/c25-15-21-20-11-13-27(16-18-7-3-1-4-8-18)17-22(20)30-24(21)26-23(28)12-14-29-19-9-5-2-6-10-19;/h1-10H,11-14,16-17H2,(H,26,28);1H. The van der Waals surface area contributed by atoms with Crippen LogP contribution in [0, 0.1) is 11.3 Å². The van der Waals surface area contributed by atoms with Crippen molar-refractivity contribution in [2.75, 3.05) is 17.6 Å². The molecule has 4 rings (SSSR count). The molecule has 31 heavy (non-hydrogen) atoms. The van der Waals surface area contributed by atoms with E-state index in [-0.39, 0.29) is 18.3 Å². The number of amides is 1. The van der Waals surface area contributed by atoms with Crippen molar-refractivity contribution < 1.29 is 4.79 Å². The van der Waals surface area contributed by atoms with E-state index in [0.29, 0.717) is 22.7 Å². The average molecular weight is 470 g/mol. The van der Waals surface area contributed by atoms with Crippen LogP contribution in [0.3, 0.4) is 0 Å². The third-order valence-corrected chi connectivity index (χ3v) is 7.24. The number of halogens is 1. The number of rotatable bonds is 7. The van der Waals surface area contributed by atoms with E-state index in [2.05, 4.69) is 40.6 Å². The summed E-state index contributed by atoms with van der Waals surface area (Å²) in [6.07, 6.45) is 1.27. The van der Waals surface area contributed by atoms with E-state index < -0.39 is 0 Å². The van der Waals surface area contributed by atoms with Crippen LogP contribution in [0.5, 0.6) is 0 Å². The van der Waals surface area contributed by atoms with Gasteiger partial charge in [0.25, 0.3) is 0 Å².